The number of thioether (sulfide) groups is 1. The van der Waals surface area contributed by atoms with Crippen molar-refractivity contribution in [2.45, 2.75) is 66.0 Å². The van der Waals surface area contributed by atoms with Gasteiger partial charge in [0.05, 0.1) is 0 Å². The zero-order chi connectivity index (χ0) is 15.2. The van der Waals surface area contributed by atoms with E-state index in [4.69, 9.17) is 0 Å². The van der Waals surface area contributed by atoms with Gasteiger partial charge in [-0.1, -0.05) is 34.6 Å². The van der Waals surface area contributed by atoms with Crippen LogP contribution in [0, 0.1) is 11.3 Å². The molecule has 0 aliphatic carbocycles. The lowest BCUT2D eigenvalue weighted by atomic mass is 9.82. The fraction of sp³-hybridized carbons (Fsp3) is 0.938. The van der Waals surface area contributed by atoms with Gasteiger partial charge in [-0.2, -0.15) is 11.8 Å². The lowest BCUT2D eigenvalue weighted by Gasteiger charge is -2.33. The Labute approximate surface area is 141 Å². The standard InChI is InChI=1S/C16H32N2OS.ClH/c1-12(2)6-7-14(16(3,4)5)18-15(19)10-13-11-20-9-8-17-13;/h12-14,17H,6-11H2,1-5H3,(H,18,19);1H. The SMILES string of the molecule is CC(C)CCC(NC(=O)CC1CSCCN1)C(C)(C)C.Cl. The van der Waals surface area contributed by atoms with Gasteiger partial charge in [-0.25, -0.2) is 0 Å². The Morgan fingerprint density at radius 3 is 2.48 bits per heavy atom. The molecule has 0 spiro atoms. The van der Waals surface area contributed by atoms with Gasteiger partial charge in [-0.05, 0) is 24.2 Å². The zero-order valence-corrected chi connectivity index (χ0v) is 15.8. The molecule has 2 N–H and O–H groups in total. The van der Waals surface area contributed by atoms with E-state index in [1.54, 1.807) is 0 Å². The van der Waals surface area contributed by atoms with Crippen LogP contribution in [0.3, 0.4) is 0 Å². The maximum absolute atomic E-state index is 12.3. The average Bonchev–Trinajstić information content (AvgIpc) is 2.34. The molecule has 1 fully saturated rings. The fourth-order valence-electron chi connectivity index (χ4n) is 2.45. The second kappa shape index (κ2) is 9.96. The highest BCUT2D eigenvalue weighted by molar-refractivity contribution is 7.99. The van der Waals surface area contributed by atoms with E-state index in [1.807, 2.05) is 11.8 Å². The van der Waals surface area contributed by atoms with Gasteiger partial charge in [0.2, 0.25) is 5.91 Å². The van der Waals surface area contributed by atoms with E-state index in [9.17, 15) is 4.79 Å². The lowest BCUT2D eigenvalue weighted by molar-refractivity contribution is -0.123. The smallest absolute Gasteiger partial charge is 0.221 e. The van der Waals surface area contributed by atoms with Crippen LogP contribution in [0.15, 0.2) is 0 Å². The predicted molar refractivity (Wildman–Crippen MR) is 96.4 cm³/mol. The third-order valence-electron chi connectivity index (χ3n) is 3.84. The van der Waals surface area contributed by atoms with Gasteiger partial charge in [-0.15, -0.1) is 12.4 Å². The first-order chi connectivity index (χ1) is 9.29. The molecule has 0 bridgehead atoms. The number of hydrogen-bond donors (Lipinski definition) is 2. The summed E-state index contributed by atoms with van der Waals surface area (Å²) in [7, 11) is 0. The summed E-state index contributed by atoms with van der Waals surface area (Å²) in [6, 6.07) is 0.619. The quantitative estimate of drug-likeness (QED) is 0.780. The van der Waals surface area contributed by atoms with E-state index >= 15 is 0 Å². The number of hydrogen-bond acceptors (Lipinski definition) is 3. The third-order valence-corrected chi connectivity index (χ3v) is 4.97. The minimum absolute atomic E-state index is 0. The van der Waals surface area contributed by atoms with Gasteiger partial charge in [0, 0.05) is 36.6 Å². The summed E-state index contributed by atoms with van der Waals surface area (Å²) in [5.74, 6) is 3.11. The highest BCUT2D eigenvalue weighted by atomic mass is 35.5. The van der Waals surface area contributed by atoms with E-state index in [-0.39, 0.29) is 29.8 Å². The minimum Gasteiger partial charge on any atom is -0.353 e. The van der Waals surface area contributed by atoms with Gasteiger partial charge < -0.3 is 10.6 Å². The van der Waals surface area contributed by atoms with Crippen molar-refractivity contribution < 1.29 is 4.79 Å². The Hall–Kier alpha value is 0.0700. The predicted octanol–water partition coefficient (Wildman–Crippen LogP) is 3.47. The van der Waals surface area contributed by atoms with Crippen molar-refractivity contribution in [3.05, 3.63) is 0 Å². The Balaban J connectivity index is 0.00000400. The molecule has 1 saturated heterocycles. The number of carbonyl (C=O) groups is 1. The van der Waals surface area contributed by atoms with Crippen LogP contribution in [-0.2, 0) is 4.79 Å². The molecule has 5 heteroatoms. The highest BCUT2D eigenvalue weighted by Gasteiger charge is 2.27. The van der Waals surface area contributed by atoms with Crippen LogP contribution < -0.4 is 10.6 Å². The topological polar surface area (TPSA) is 41.1 Å². The molecule has 1 amide bonds. The molecule has 0 aromatic heterocycles. The molecule has 21 heavy (non-hydrogen) atoms. The van der Waals surface area contributed by atoms with Crippen LogP contribution in [0.5, 0.6) is 0 Å². The van der Waals surface area contributed by atoms with E-state index < -0.39 is 0 Å². The molecule has 0 radical (unpaired) electrons. The molecule has 1 rings (SSSR count). The molecule has 1 heterocycles. The molecule has 2 unspecified atom stereocenters. The number of carbonyl (C=O) groups excluding carboxylic acids is 1. The van der Waals surface area contributed by atoms with Crippen molar-refractivity contribution >= 4 is 30.1 Å². The van der Waals surface area contributed by atoms with Crippen molar-refractivity contribution in [2.75, 3.05) is 18.1 Å². The van der Waals surface area contributed by atoms with Crippen LogP contribution in [0.2, 0.25) is 0 Å². The maximum Gasteiger partial charge on any atom is 0.221 e. The van der Waals surface area contributed by atoms with Gasteiger partial charge in [0.1, 0.15) is 0 Å². The molecule has 126 valence electrons. The molecular formula is C16H33ClN2OS. The summed E-state index contributed by atoms with van der Waals surface area (Å²) < 4.78 is 0. The van der Waals surface area contributed by atoms with Crippen molar-refractivity contribution in [3.63, 3.8) is 0 Å². The summed E-state index contributed by atoms with van der Waals surface area (Å²) in [6.07, 6.45) is 2.85. The van der Waals surface area contributed by atoms with E-state index in [0.717, 1.165) is 24.5 Å². The van der Waals surface area contributed by atoms with Gasteiger partial charge in [-0.3, -0.25) is 4.79 Å². The molecule has 1 aliphatic heterocycles. The Morgan fingerprint density at radius 1 is 1.33 bits per heavy atom. The normalized spacial score (nSPS) is 20.8. The second-order valence-electron chi connectivity index (χ2n) is 7.39. The summed E-state index contributed by atoms with van der Waals surface area (Å²) in [5.41, 5.74) is 0.124. The molecule has 0 saturated carbocycles. The molecule has 3 nitrogen and oxygen atoms in total. The maximum atomic E-state index is 12.3. The van der Waals surface area contributed by atoms with Crippen LogP contribution >= 0.6 is 24.2 Å². The lowest BCUT2D eigenvalue weighted by Crippen LogP contribution is -2.47. The van der Waals surface area contributed by atoms with E-state index in [0.29, 0.717) is 18.4 Å². The summed E-state index contributed by atoms with van der Waals surface area (Å²) >= 11 is 1.94. The number of amides is 1. The largest absolute Gasteiger partial charge is 0.353 e. The first-order valence-electron chi connectivity index (χ1n) is 7.89. The first kappa shape index (κ1) is 21.1. The summed E-state index contributed by atoms with van der Waals surface area (Å²) in [4.78, 5) is 12.3. The van der Waals surface area contributed by atoms with Crippen molar-refractivity contribution in [1.29, 1.82) is 0 Å². The molecule has 0 aromatic carbocycles. The number of rotatable bonds is 6. The van der Waals surface area contributed by atoms with Gasteiger partial charge in [0.25, 0.3) is 0 Å². The van der Waals surface area contributed by atoms with Crippen molar-refractivity contribution in [3.8, 4) is 0 Å². The zero-order valence-electron chi connectivity index (χ0n) is 14.2. The highest BCUT2D eigenvalue weighted by Crippen LogP contribution is 2.24. The Morgan fingerprint density at radius 2 is 2.00 bits per heavy atom. The third kappa shape index (κ3) is 8.94. The Kier molecular flexibility index (Phi) is 9.99. The fourth-order valence-corrected chi connectivity index (χ4v) is 3.40. The van der Waals surface area contributed by atoms with Crippen LogP contribution in [0.25, 0.3) is 0 Å². The van der Waals surface area contributed by atoms with Crippen LogP contribution in [0.4, 0.5) is 0 Å². The first-order valence-corrected chi connectivity index (χ1v) is 9.05. The van der Waals surface area contributed by atoms with Crippen molar-refractivity contribution in [2.24, 2.45) is 11.3 Å². The molecule has 0 aromatic rings. The molecular weight excluding hydrogens is 304 g/mol. The number of halogens is 1. The monoisotopic (exact) mass is 336 g/mol. The Bertz CT molecular complexity index is 299. The van der Waals surface area contributed by atoms with Gasteiger partial charge >= 0.3 is 0 Å². The molecule has 2 atom stereocenters. The minimum atomic E-state index is 0. The van der Waals surface area contributed by atoms with E-state index in [2.05, 4.69) is 45.3 Å². The van der Waals surface area contributed by atoms with Crippen LogP contribution in [-0.4, -0.2) is 36.0 Å². The molecule has 1 aliphatic rings. The van der Waals surface area contributed by atoms with Crippen LogP contribution in [0.1, 0.15) is 53.9 Å². The summed E-state index contributed by atoms with van der Waals surface area (Å²) in [6.45, 7) is 12.2. The second-order valence-corrected chi connectivity index (χ2v) is 8.54. The average molecular weight is 337 g/mol. The summed E-state index contributed by atoms with van der Waals surface area (Å²) in [5, 5.41) is 6.70. The van der Waals surface area contributed by atoms with Gasteiger partial charge in [0.15, 0.2) is 0 Å². The number of nitrogens with one attached hydrogen (secondary N) is 2. The van der Waals surface area contributed by atoms with Crippen molar-refractivity contribution in [1.82, 2.24) is 10.6 Å². The van der Waals surface area contributed by atoms with E-state index in [1.165, 1.54) is 6.42 Å².